The summed E-state index contributed by atoms with van der Waals surface area (Å²) in [6.07, 6.45) is 0. The second kappa shape index (κ2) is 6.85. The number of benzene rings is 2. The van der Waals surface area contributed by atoms with E-state index in [2.05, 4.69) is 22.0 Å². The molecule has 4 aromatic rings. The van der Waals surface area contributed by atoms with Crippen LogP contribution in [0.5, 0.6) is 5.75 Å². The number of hydrogen-bond acceptors (Lipinski definition) is 6. The van der Waals surface area contributed by atoms with Crippen LogP contribution >= 0.6 is 11.3 Å². The third-order valence-corrected chi connectivity index (χ3v) is 6.13. The van der Waals surface area contributed by atoms with E-state index in [1.165, 1.54) is 17.4 Å². The van der Waals surface area contributed by atoms with Gasteiger partial charge in [-0.1, -0.05) is 24.3 Å². The van der Waals surface area contributed by atoms with Crippen molar-refractivity contribution in [2.75, 3.05) is 14.1 Å². The number of hydrogen-bond donors (Lipinski definition) is 2. The number of thiophene rings is 1. The predicted octanol–water partition coefficient (Wildman–Crippen LogP) is 5.14. The minimum Gasteiger partial charge on any atom is -0.506 e. The van der Waals surface area contributed by atoms with Crippen LogP contribution in [0.2, 0.25) is 0 Å². The molecule has 0 aliphatic carbocycles. The smallest absolute Gasteiger partial charge is 0.266 e. The van der Waals surface area contributed by atoms with Gasteiger partial charge in [-0.25, -0.2) is 0 Å². The molecule has 0 fully saturated rings. The van der Waals surface area contributed by atoms with Crippen molar-refractivity contribution in [2.45, 2.75) is 13.0 Å². The number of fused-ring (bicyclic) bond motifs is 3. The summed E-state index contributed by atoms with van der Waals surface area (Å²) < 4.78 is 0.550. The molecule has 0 aliphatic heterocycles. The Labute approximate surface area is 165 Å². The monoisotopic (exact) mass is 393 g/mol. The van der Waals surface area contributed by atoms with Gasteiger partial charge in [0.15, 0.2) is 0 Å². The molecular formula is C21H19N3O3S. The molecule has 4 rings (SSSR count). The molecule has 1 unspecified atom stereocenters. The van der Waals surface area contributed by atoms with Gasteiger partial charge in [0.1, 0.15) is 16.1 Å². The molecule has 2 aromatic heterocycles. The van der Waals surface area contributed by atoms with Crippen LogP contribution in [-0.4, -0.2) is 29.1 Å². The summed E-state index contributed by atoms with van der Waals surface area (Å²) in [5.74, 6) is -0.170. The van der Waals surface area contributed by atoms with E-state index in [4.69, 9.17) is 0 Å². The van der Waals surface area contributed by atoms with Crippen molar-refractivity contribution in [3.63, 3.8) is 0 Å². The molecule has 2 aromatic carbocycles. The van der Waals surface area contributed by atoms with Crippen LogP contribution in [0.15, 0.2) is 51.7 Å². The maximum absolute atomic E-state index is 12.3. The predicted molar refractivity (Wildman–Crippen MR) is 115 cm³/mol. The summed E-state index contributed by atoms with van der Waals surface area (Å²) in [5, 5.41) is 16.7. The highest BCUT2D eigenvalue weighted by Gasteiger charge is 2.19. The van der Waals surface area contributed by atoms with E-state index < -0.39 is 0 Å². The molecule has 0 bridgehead atoms. The number of nitrogens with one attached hydrogen (secondary N) is 1. The standard InChI is InChI=1S/C21H19N3O3S/c1-11(24(2)3)12-4-6-13(7-5-12)17-15(23-27)10-16(25)19-18(17)14-8-9-28-20(14)21(26)22-19/h4-11,25H,1-3H3,(H,22,26). The Kier molecular flexibility index (Phi) is 4.49. The molecule has 0 spiro atoms. The largest absolute Gasteiger partial charge is 0.506 e. The van der Waals surface area contributed by atoms with Gasteiger partial charge in [-0.3, -0.25) is 4.79 Å². The highest BCUT2D eigenvalue weighted by molar-refractivity contribution is 7.17. The van der Waals surface area contributed by atoms with Gasteiger partial charge in [-0.05, 0) is 48.8 Å². The molecule has 7 heteroatoms. The minimum absolute atomic E-state index is 0.137. The van der Waals surface area contributed by atoms with Crippen LogP contribution < -0.4 is 5.56 Å². The van der Waals surface area contributed by atoms with E-state index >= 15 is 0 Å². The van der Waals surface area contributed by atoms with Crippen LogP contribution in [0.1, 0.15) is 18.5 Å². The molecule has 28 heavy (non-hydrogen) atoms. The van der Waals surface area contributed by atoms with E-state index in [0.29, 0.717) is 26.6 Å². The number of H-pyrrole nitrogens is 1. The van der Waals surface area contributed by atoms with Gasteiger partial charge in [-0.2, -0.15) is 0 Å². The fourth-order valence-electron chi connectivity index (χ4n) is 3.49. The number of phenols is 1. The number of phenolic OH excluding ortho intramolecular Hbond substituents is 1. The Morgan fingerprint density at radius 2 is 1.89 bits per heavy atom. The molecule has 0 saturated heterocycles. The fraction of sp³-hybridized carbons (Fsp3) is 0.190. The van der Waals surface area contributed by atoms with Crippen LogP contribution in [0, 0.1) is 4.91 Å². The van der Waals surface area contributed by atoms with Gasteiger partial charge < -0.3 is 15.0 Å². The zero-order valence-corrected chi connectivity index (χ0v) is 16.5. The minimum atomic E-state index is -0.263. The van der Waals surface area contributed by atoms with E-state index in [-0.39, 0.29) is 23.0 Å². The molecular weight excluding hydrogens is 374 g/mol. The van der Waals surface area contributed by atoms with Crippen LogP contribution in [0.25, 0.3) is 32.1 Å². The molecule has 142 valence electrons. The van der Waals surface area contributed by atoms with Gasteiger partial charge in [0.05, 0.1) is 5.52 Å². The first-order valence-electron chi connectivity index (χ1n) is 8.81. The summed E-state index contributed by atoms with van der Waals surface area (Å²) in [5.41, 5.74) is 2.73. The topological polar surface area (TPSA) is 85.8 Å². The van der Waals surface area contributed by atoms with Gasteiger partial charge in [0.2, 0.25) is 0 Å². The Morgan fingerprint density at radius 3 is 2.54 bits per heavy atom. The first kappa shape index (κ1) is 18.3. The Morgan fingerprint density at radius 1 is 1.18 bits per heavy atom. The zero-order chi connectivity index (χ0) is 20.0. The van der Waals surface area contributed by atoms with Crippen molar-refractivity contribution < 1.29 is 5.11 Å². The van der Waals surface area contributed by atoms with Crippen molar-refractivity contribution in [1.29, 1.82) is 0 Å². The van der Waals surface area contributed by atoms with E-state index in [0.717, 1.165) is 11.1 Å². The average Bonchev–Trinajstić information content (AvgIpc) is 3.18. The van der Waals surface area contributed by atoms with Crippen LogP contribution in [-0.2, 0) is 0 Å². The Bertz CT molecular complexity index is 1260. The summed E-state index contributed by atoms with van der Waals surface area (Å²) in [4.78, 5) is 28.8. The summed E-state index contributed by atoms with van der Waals surface area (Å²) in [7, 11) is 4.04. The van der Waals surface area contributed by atoms with Gasteiger partial charge in [0, 0.05) is 28.4 Å². The number of nitroso groups, excluding NO2 is 1. The van der Waals surface area contributed by atoms with E-state index in [9.17, 15) is 14.8 Å². The fourth-order valence-corrected chi connectivity index (χ4v) is 4.29. The summed E-state index contributed by atoms with van der Waals surface area (Å²) in [6.45, 7) is 2.11. The van der Waals surface area contributed by atoms with Crippen LogP contribution in [0.4, 0.5) is 5.69 Å². The third-order valence-electron chi connectivity index (χ3n) is 5.22. The number of aromatic hydroxyl groups is 1. The van der Waals surface area contributed by atoms with E-state index in [1.54, 1.807) is 0 Å². The van der Waals surface area contributed by atoms with E-state index in [1.807, 2.05) is 49.8 Å². The molecule has 2 N–H and O–H groups in total. The number of aromatic nitrogens is 1. The average molecular weight is 393 g/mol. The highest BCUT2D eigenvalue weighted by Crippen LogP contribution is 2.44. The van der Waals surface area contributed by atoms with Gasteiger partial charge >= 0.3 is 0 Å². The van der Waals surface area contributed by atoms with Gasteiger partial charge in [0.25, 0.3) is 5.56 Å². The second-order valence-corrected chi connectivity index (χ2v) is 7.93. The number of pyridine rings is 1. The lowest BCUT2D eigenvalue weighted by molar-refractivity contribution is 0.321. The van der Waals surface area contributed by atoms with Crippen molar-refractivity contribution in [3.05, 3.63) is 62.6 Å². The summed E-state index contributed by atoms with van der Waals surface area (Å²) in [6, 6.07) is 11.3. The van der Waals surface area contributed by atoms with Crippen LogP contribution in [0.3, 0.4) is 0 Å². The molecule has 0 saturated carbocycles. The quantitative estimate of drug-likeness (QED) is 0.470. The molecule has 2 heterocycles. The maximum atomic E-state index is 12.3. The lowest BCUT2D eigenvalue weighted by Crippen LogP contribution is -2.16. The lowest BCUT2D eigenvalue weighted by Gasteiger charge is -2.20. The van der Waals surface area contributed by atoms with Crippen molar-refractivity contribution >= 4 is 38.0 Å². The number of nitrogens with zero attached hydrogens (tertiary/aromatic N) is 2. The molecule has 0 amide bonds. The van der Waals surface area contributed by atoms with Gasteiger partial charge in [-0.15, -0.1) is 16.2 Å². The Balaban J connectivity index is 2.06. The lowest BCUT2D eigenvalue weighted by atomic mass is 9.94. The van der Waals surface area contributed by atoms with Crippen molar-refractivity contribution in [3.8, 4) is 16.9 Å². The molecule has 1 atom stereocenters. The van der Waals surface area contributed by atoms with Crippen molar-refractivity contribution in [1.82, 2.24) is 9.88 Å². The first-order valence-corrected chi connectivity index (χ1v) is 9.69. The molecule has 6 nitrogen and oxygen atoms in total. The molecule has 0 radical (unpaired) electrons. The number of aromatic amines is 1. The Hall–Kier alpha value is -3.03. The number of rotatable bonds is 4. The maximum Gasteiger partial charge on any atom is 0.266 e. The van der Waals surface area contributed by atoms with Crippen molar-refractivity contribution in [2.24, 2.45) is 5.18 Å². The molecule has 0 aliphatic rings. The normalized spacial score (nSPS) is 12.7. The third kappa shape index (κ3) is 2.80. The summed E-state index contributed by atoms with van der Waals surface area (Å²) >= 11 is 1.32. The highest BCUT2D eigenvalue weighted by atomic mass is 32.1. The second-order valence-electron chi connectivity index (χ2n) is 7.01. The first-order chi connectivity index (χ1) is 13.4. The zero-order valence-electron chi connectivity index (χ0n) is 15.7. The SMILES string of the molecule is CC(c1ccc(-c2c(N=O)cc(O)c3[nH]c(=O)c4sccc4c23)cc1)N(C)C.